The fraction of sp³-hybridized carbons (Fsp3) is 0.750. The minimum absolute atomic E-state index is 0.157. The minimum atomic E-state index is -0.393. The van der Waals surface area contributed by atoms with Crippen molar-refractivity contribution in [2.45, 2.75) is 62.6 Å². The highest BCUT2D eigenvalue weighted by Gasteiger charge is 2.29. The Morgan fingerprint density at radius 2 is 1.96 bits per heavy atom. The third kappa shape index (κ3) is 4.28. The molecule has 8 heteroatoms. The lowest BCUT2D eigenvalue weighted by Crippen LogP contribution is -2.48. The van der Waals surface area contributed by atoms with Crippen LogP contribution in [0.4, 0.5) is 4.79 Å². The molecule has 1 aromatic heterocycles. The van der Waals surface area contributed by atoms with Gasteiger partial charge >= 0.3 is 6.03 Å². The van der Waals surface area contributed by atoms with Gasteiger partial charge < -0.3 is 9.88 Å². The molecular weight excluding hydrogens is 326 g/mol. The molecule has 2 saturated carbocycles. The Morgan fingerprint density at radius 1 is 1.21 bits per heavy atom. The van der Waals surface area contributed by atoms with Gasteiger partial charge in [0.1, 0.15) is 5.82 Å². The van der Waals surface area contributed by atoms with E-state index < -0.39 is 6.03 Å². The number of hydrogen-bond donors (Lipinski definition) is 2. The number of hydrogen-bond acceptors (Lipinski definition) is 5. The van der Waals surface area contributed by atoms with Crippen LogP contribution < -0.4 is 10.6 Å². The average Bonchev–Trinajstić information content (AvgIpc) is 3.31. The summed E-state index contributed by atoms with van der Waals surface area (Å²) in [6.45, 7) is 2.15. The molecular formula is C16H25N5O2S. The molecule has 2 atom stereocenters. The van der Waals surface area contributed by atoms with E-state index in [-0.39, 0.29) is 17.7 Å². The SMILES string of the molecule is C[C@@H]1CCCC[C@@H]1NC(=O)NC(=O)CSc1nnc(C2CC2)n1C. The zero-order valence-electron chi connectivity index (χ0n) is 14.2. The number of carbonyl (C=O) groups is 2. The first kappa shape index (κ1) is 17.3. The molecule has 3 amide bonds. The second kappa shape index (κ2) is 7.55. The number of nitrogens with zero attached hydrogens (tertiary/aromatic N) is 3. The molecule has 0 bridgehead atoms. The number of nitrogens with one attached hydrogen (secondary N) is 2. The van der Waals surface area contributed by atoms with Crippen molar-refractivity contribution < 1.29 is 9.59 Å². The van der Waals surface area contributed by atoms with Crippen molar-refractivity contribution in [2.75, 3.05) is 5.75 Å². The summed E-state index contributed by atoms with van der Waals surface area (Å²) in [6, 6.07) is -0.227. The number of thioether (sulfide) groups is 1. The van der Waals surface area contributed by atoms with Gasteiger partial charge in [-0.2, -0.15) is 0 Å². The maximum Gasteiger partial charge on any atom is 0.321 e. The first-order valence-corrected chi connectivity index (χ1v) is 9.65. The predicted molar refractivity (Wildman–Crippen MR) is 91.8 cm³/mol. The van der Waals surface area contributed by atoms with E-state index in [9.17, 15) is 9.59 Å². The maximum absolute atomic E-state index is 12.0. The lowest BCUT2D eigenvalue weighted by atomic mass is 9.86. The Bertz CT molecular complexity index is 614. The van der Waals surface area contributed by atoms with Crippen molar-refractivity contribution in [3.63, 3.8) is 0 Å². The van der Waals surface area contributed by atoms with E-state index in [1.54, 1.807) is 0 Å². The van der Waals surface area contributed by atoms with Crippen molar-refractivity contribution in [1.29, 1.82) is 0 Å². The molecule has 132 valence electrons. The van der Waals surface area contributed by atoms with Crippen LogP contribution >= 0.6 is 11.8 Å². The van der Waals surface area contributed by atoms with E-state index in [4.69, 9.17) is 0 Å². The molecule has 24 heavy (non-hydrogen) atoms. The maximum atomic E-state index is 12.0. The fourth-order valence-electron chi connectivity index (χ4n) is 3.18. The highest BCUT2D eigenvalue weighted by molar-refractivity contribution is 7.99. The van der Waals surface area contributed by atoms with Gasteiger partial charge in [0.15, 0.2) is 5.16 Å². The zero-order chi connectivity index (χ0) is 17.1. The smallest absolute Gasteiger partial charge is 0.321 e. The average molecular weight is 351 g/mol. The molecule has 0 unspecified atom stereocenters. The normalized spacial score (nSPS) is 23.8. The summed E-state index contributed by atoms with van der Waals surface area (Å²) >= 11 is 1.31. The number of carbonyl (C=O) groups excluding carboxylic acids is 2. The summed E-state index contributed by atoms with van der Waals surface area (Å²) in [7, 11) is 1.92. The van der Waals surface area contributed by atoms with Crippen LogP contribution in [-0.2, 0) is 11.8 Å². The van der Waals surface area contributed by atoms with Crippen molar-refractivity contribution in [3.05, 3.63) is 5.82 Å². The van der Waals surface area contributed by atoms with Gasteiger partial charge in [-0.25, -0.2) is 4.79 Å². The van der Waals surface area contributed by atoms with Gasteiger partial charge in [0.2, 0.25) is 5.91 Å². The summed E-state index contributed by atoms with van der Waals surface area (Å²) < 4.78 is 1.94. The molecule has 2 N–H and O–H groups in total. The van der Waals surface area contributed by atoms with E-state index in [1.807, 2.05) is 11.6 Å². The molecule has 0 aliphatic heterocycles. The standard InChI is InChI=1S/C16H25N5O2S/c1-10-5-3-4-6-12(10)17-15(23)18-13(22)9-24-16-20-19-14(21(16)2)11-7-8-11/h10-12H,3-9H2,1-2H3,(H2,17,18,22,23)/t10-,12+/m1/s1. The second-order valence-electron chi connectivity index (χ2n) is 6.85. The lowest BCUT2D eigenvalue weighted by Gasteiger charge is -2.29. The molecule has 2 aliphatic carbocycles. The predicted octanol–water partition coefficient (Wildman–Crippen LogP) is 2.19. The highest BCUT2D eigenvalue weighted by Crippen LogP contribution is 2.39. The van der Waals surface area contributed by atoms with Crippen LogP contribution in [0.1, 0.15) is 57.2 Å². The molecule has 3 rings (SSSR count). The van der Waals surface area contributed by atoms with Crippen LogP contribution in [0.25, 0.3) is 0 Å². The number of urea groups is 1. The van der Waals surface area contributed by atoms with Crippen LogP contribution in [0, 0.1) is 5.92 Å². The van der Waals surface area contributed by atoms with Crippen LogP contribution in [0.15, 0.2) is 5.16 Å². The third-order valence-electron chi connectivity index (χ3n) is 4.82. The Labute approximate surface area is 146 Å². The number of amides is 3. The van der Waals surface area contributed by atoms with E-state index in [2.05, 4.69) is 27.8 Å². The van der Waals surface area contributed by atoms with E-state index in [0.717, 1.165) is 37.9 Å². The quantitative estimate of drug-likeness (QED) is 0.794. The van der Waals surface area contributed by atoms with Crippen molar-refractivity contribution >= 4 is 23.7 Å². The topological polar surface area (TPSA) is 88.9 Å². The molecule has 7 nitrogen and oxygen atoms in total. The lowest BCUT2D eigenvalue weighted by molar-refractivity contribution is -0.117. The summed E-state index contributed by atoms with van der Waals surface area (Å²) in [6.07, 6.45) is 6.80. The van der Waals surface area contributed by atoms with Gasteiger partial charge in [0.25, 0.3) is 0 Å². The Kier molecular flexibility index (Phi) is 5.43. The monoisotopic (exact) mass is 351 g/mol. The molecule has 1 aromatic rings. The van der Waals surface area contributed by atoms with E-state index in [1.165, 1.54) is 18.2 Å². The summed E-state index contributed by atoms with van der Waals surface area (Å²) in [5.74, 6) is 1.82. The molecule has 2 fully saturated rings. The van der Waals surface area contributed by atoms with Crippen LogP contribution in [0.3, 0.4) is 0 Å². The highest BCUT2D eigenvalue weighted by atomic mass is 32.2. The van der Waals surface area contributed by atoms with E-state index in [0.29, 0.717) is 17.0 Å². The fourth-order valence-corrected chi connectivity index (χ4v) is 3.89. The number of aromatic nitrogens is 3. The summed E-state index contributed by atoms with van der Waals surface area (Å²) in [5.41, 5.74) is 0. The van der Waals surface area contributed by atoms with Crippen LogP contribution in [0.5, 0.6) is 0 Å². The Hall–Kier alpha value is -1.57. The zero-order valence-corrected chi connectivity index (χ0v) is 15.1. The van der Waals surface area contributed by atoms with Crippen molar-refractivity contribution in [1.82, 2.24) is 25.4 Å². The third-order valence-corrected chi connectivity index (χ3v) is 5.84. The van der Waals surface area contributed by atoms with Gasteiger partial charge in [-0.1, -0.05) is 31.5 Å². The van der Waals surface area contributed by atoms with Gasteiger partial charge in [0.05, 0.1) is 5.75 Å². The largest absolute Gasteiger partial charge is 0.335 e. The number of rotatable bonds is 5. The van der Waals surface area contributed by atoms with Gasteiger partial charge in [-0.05, 0) is 31.6 Å². The second-order valence-corrected chi connectivity index (χ2v) is 7.80. The van der Waals surface area contributed by atoms with Crippen molar-refractivity contribution in [3.8, 4) is 0 Å². The van der Waals surface area contributed by atoms with Gasteiger partial charge in [-0.3, -0.25) is 10.1 Å². The Morgan fingerprint density at radius 3 is 2.67 bits per heavy atom. The molecule has 1 heterocycles. The number of imide groups is 1. The summed E-state index contributed by atoms with van der Waals surface area (Å²) in [5, 5.41) is 14.4. The first-order valence-electron chi connectivity index (χ1n) is 8.67. The Balaban J connectivity index is 1.42. The molecule has 0 radical (unpaired) electrons. The van der Waals surface area contributed by atoms with Crippen LogP contribution in [-0.4, -0.2) is 38.5 Å². The molecule has 0 saturated heterocycles. The van der Waals surface area contributed by atoms with Crippen molar-refractivity contribution in [2.24, 2.45) is 13.0 Å². The van der Waals surface area contributed by atoms with Gasteiger partial charge in [-0.15, -0.1) is 10.2 Å². The summed E-state index contributed by atoms with van der Waals surface area (Å²) in [4.78, 5) is 23.9. The molecule has 0 spiro atoms. The van der Waals surface area contributed by atoms with E-state index >= 15 is 0 Å². The van der Waals surface area contributed by atoms with Gasteiger partial charge in [0, 0.05) is 19.0 Å². The molecule has 0 aromatic carbocycles. The first-order chi connectivity index (χ1) is 11.5. The molecule has 2 aliphatic rings. The minimum Gasteiger partial charge on any atom is -0.335 e. The van der Waals surface area contributed by atoms with Crippen LogP contribution in [0.2, 0.25) is 0 Å².